The van der Waals surface area contributed by atoms with Crippen LogP contribution in [0, 0.1) is 11.7 Å². The van der Waals surface area contributed by atoms with Crippen LogP contribution in [-0.4, -0.2) is 30.3 Å². The van der Waals surface area contributed by atoms with E-state index in [-0.39, 0.29) is 30.3 Å². The molecule has 2 rings (SSSR count). The molecular formula is C15H20FNO3. The third-order valence-electron chi connectivity index (χ3n) is 3.52. The molecular weight excluding hydrogens is 261 g/mol. The van der Waals surface area contributed by atoms with E-state index in [0.29, 0.717) is 12.2 Å². The maximum atomic E-state index is 12.9. The van der Waals surface area contributed by atoms with Gasteiger partial charge in [-0.15, -0.1) is 0 Å². The van der Waals surface area contributed by atoms with Gasteiger partial charge in [-0.2, -0.15) is 0 Å². The molecule has 1 aliphatic rings. The van der Waals surface area contributed by atoms with Crippen LogP contribution in [0.1, 0.15) is 25.8 Å². The smallest absolute Gasteiger partial charge is 0.225 e. The Hall–Kier alpha value is -1.46. The van der Waals surface area contributed by atoms with Crippen molar-refractivity contribution >= 4 is 5.91 Å². The van der Waals surface area contributed by atoms with Gasteiger partial charge in [-0.25, -0.2) is 4.39 Å². The number of benzene rings is 1. The average molecular weight is 281 g/mol. The van der Waals surface area contributed by atoms with Crippen molar-refractivity contribution in [2.24, 2.45) is 5.92 Å². The second-order valence-electron chi connectivity index (χ2n) is 5.33. The van der Waals surface area contributed by atoms with E-state index in [9.17, 15) is 14.3 Å². The van der Waals surface area contributed by atoms with Crippen LogP contribution >= 0.6 is 0 Å². The summed E-state index contributed by atoms with van der Waals surface area (Å²) in [6.45, 7) is 4.18. The summed E-state index contributed by atoms with van der Waals surface area (Å²) in [7, 11) is 0. The molecule has 0 spiro atoms. The molecule has 2 N–H and O–H groups in total. The summed E-state index contributed by atoms with van der Waals surface area (Å²) in [5.41, 5.74) is -0.657. The zero-order valence-electron chi connectivity index (χ0n) is 11.7. The second kappa shape index (κ2) is 5.89. The summed E-state index contributed by atoms with van der Waals surface area (Å²) in [4.78, 5) is 11.9. The normalized spacial score (nSPS) is 24.0. The molecule has 0 aliphatic heterocycles. The van der Waals surface area contributed by atoms with Crippen molar-refractivity contribution in [1.82, 2.24) is 5.32 Å². The van der Waals surface area contributed by atoms with Crippen molar-refractivity contribution in [3.8, 4) is 0 Å². The van der Waals surface area contributed by atoms with Gasteiger partial charge in [0.2, 0.25) is 5.91 Å². The van der Waals surface area contributed by atoms with Gasteiger partial charge in [0, 0.05) is 6.61 Å². The molecule has 1 aliphatic carbocycles. The van der Waals surface area contributed by atoms with E-state index in [1.165, 1.54) is 24.3 Å². The molecule has 4 nitrogen and oxygen atoms in total. The number of aliphatic hydroxyl groups is 1. The minimum absolute atomic E-state index is 0.00997. The molecule has 20 heavy (non-hydrogen) atoms. The van der Waals surface area contributed by atoms with E-state index in [4.69, 9.17) is 4.74 Å². The average Bonchev–Trinajstić information content (AvgIpc) is 3.16. The molecule has 0 bridgehead atoms. The Balaban J connectivity index is 1.86. The van der Waals surface area contributed by atoms with E-state index in [1.807, 2.05) is 6.92 Å². The molecule has 1 aromatic rings. The van der Waals surface area contributed by atoms with Crippen LogP contribution in [0.5, 0.6) is 0 Å². The lowest BCUT2D eigenvalue weighted by Crippen LogP contribution is -2.39. The fourth-order valence-corrected chi connectivity index (χ4v) is 2.15. The van der Waals surface area contributed by atoms with Gasteiger partial charge in [-0.1, -0.05) is 12.1 Å². The predicted molar refractivity (Wildman–Crippen MR) is 72.5 cm³/mol. The summed E-state index contributed by atoms with van der Waals surface area (Å²) < 4.78 is 18.2. The van der Waals surface area contributed by atoms with Crippen molar-refractivity contribution < 1.29 is 19.0 Å². The maximum absolute atomic E-state index is 12.9. The quantitative estimate of drug-likeness (QED) is 0.832. The van der Waals surface area contributed by atoms with Crippen molar-refractivity contribution in [2.75, 3.05) is 13.2 Å². The first-order valence-corrected chi connectivity index (χ1v) is 6.82. The highest BCUT2D eigenvalue weighted by molar-refractivity contribution is 5.82. The van der Waals surface area contributed by atoms with Crippen molar-refractivity contribution in [3.05, 3.63) is 35.6 Å². The molecule has 1 fully saturated rings. The number of carbonyl (C=O) groups is 1. The Kier molecular flexibility index (Phi) is 4.40. The van der Waals surface area contributed by atoms with Crippen LogP contribution in [0.2, 0.25) is 0 Å². The molecule has 0 saturated heterocycles. The van der Waals surface area contributed by atoms with Gasteiger partial charge in [0.25, 0.3) is 0 Å². The lowest BCUT2D eigenvalue weighted by Gasteiger charge is -2.24. The molecule has 0 heterocycles. The maximum Gasteiger partial charge on any atom is 0.225 e. The topological polar surface area (TPSA) is 58.6 Å². The van der Waals surface area contributed by atoms with Crippen LogP contribution < -0.4 is 5.32 Å². The highest BCUT2D eigenvalue weighted by atomic mass is 19.1. The SMILES string of the molecule is CCOC1CC1C(=O)NCC(C)(O)c1ccc(F)cc1. The first-order valence-electron chi connectivity index (χ1n) is 6.82. The van der Waals surface area contributed by atoms with Crippen LogP contribution in [0.25, 0.3) is 0 Å². The minimum atomic E-state index is -1.22. The summed E-state index contributed by atoms with van der Waals surface area (Å²) >= 11 is 0. The fourth-order valence-electron chi connectivity index (χ4n) is 2.15. The summed E-state index contributed by atoms with van der Waals surface area (Å²) in [6.07, 6.45) is 0.744. The zero-order chi connectivity index (χ0) is 14.8. The molecule has 3 unspecified atom stereocenters. The Bertz CT molecular complexity index is 473. The van der Waals surface area contributed by atoms with Gasteiger partial charge in [0.1, 0.15) is 11.4 Å². The van der Waals surface area contributed by atoms with Gasteiger partial charge in [0.15, 0.2) is 0 Å². The number of ether oxygens (including phenoxy) is 1. The van der Waals surface area contributed by atoms with Crippen LogP contribution in [0.15, 0.2) is 24.3 Å². The number of halogens is 1. The van der Waals surface area contributed by atoms with Gasteiger partial charge in [-0.05, 0) is 38.0 Å². The Morgan fingerprint density at radius 2 is 2.15 bits per heavy atom. The van der Waals surface area contributed by atoms with Gasteiger partial charge in [0.05, 0.1) is 18.6 Å². The summed E-state index contributed by atoms with van der Waals surface area (Å²) in [5, 5.41) is 13.1. The predicted octanol–water partition coefficient (Wildman–Crippen LogP) is 1.57. The first-order chi connectivity index (χ1) is 9.44. The number of hydrogen-bond acceptors (Lipinski definition) is 3. The monoisotopic (exact) mass is 281 g/mol. The molecule has 110 valence electrons. The largest absolute Gasteiger partial charge is 0.384 e. The van der Waals surface area contributed by atoms with E-state index < -0.39 is 5.60 Å². The van der Waals surface area contributed by atoms with Crippen LogP contribution in [0.3, 0.4) is 0 Å². The fraction of sp³-hybridized carbons (Fsp3) is 0.533. The van der Waals surface area contributed by atoms with Crippen molar-refractivity contribution in [1.29, 1.82) is 0 Å². The minimum Gasteiger partial charge on any atom is -0.384 e. The van der Waals surface area contributed by atoms with Crippen LogP contribution in [-0.2, 0) is 15.1 Å². The Morgan fingerprint density at radius 3 is 2.75 bits per heavy atom. The van der Waals surface area contributed by atoms with Gasteiger partial charge in [-0.3, -0.25) is 4.79 Å². The third kappa shape index (κ3) is 3.55. The Morgan fingerprint density at radius 1 is 1.50 bits per heavy atom. The van der Waals surface area contributed by atoms with Crippen molar-refractivity contribution in [2.45, 2.75) is 32.0 Å². The zero-order valence-corrected chi connectivity index (χ0v) is 11.7. The highest BCUT2D eigenvalue weighted by Gasteiger charge is 2.44. The number of nitrogens with one attached hydrogen (secondary N) is 1. The molecule has 5 heteroatoms. The lowest BCUT2D eigenvalue weighted by molar-refractivity contribution is -0.124. The Labute approximate surface area is 117 Å². The molecule has 0 aromatic heterocycles. The standard InChI is InChI=1S/C15H20FNO3/c1-3-20-13-8-12(13)14(18)17-9-15(2,19)10-4-6-11(16)7-5-10/h4-7,12-13,19H,3,8-9H2,1-2H3,(H,17,18). The first kappa shape index (κ1) is 14.9. The van der Waals surface area contributed by atoms with E-state index in [2.05, 4.69) is 5.32 Å². The van der Waals surface area contributed by atoms with Crippen molar-refractivity contribution in [3.63, 3.8) is 0 Å². The van der Waals surface area contributed by atoms with Gasteiger partial charge >= 0.3 is 0 Å². The van der Waals surface area contributed by atoms with E-state index in [0.717, 1.165) is 6.42 Å². The number of rotatable bonds is 6. The van der Waals surface area contributed by atoms with E-state index >= 15 is 0 Å². The molecule has 1 aromatic carbocycles. The highest BCUT2D eigenvalue weighted by Crippen LogP contribution is 2.34. The number of hydrogen-bond donors (Lipinski definition) is 2. The van der Waals surface area contributed by atoms with E-state index in [1.54, 1.807) is 6.92 Å². The molecule has 3 atom stereocenters. The summed E-state index contributed by atoms with van der Waals surface area (Å²) in [5.74, 6) is -0.573. The second-order valence-corrected chi connectivity index (χ2v) is 5.33. The lowest BCUT2D eigenvalue weighted by atomic mass is 9.96. The third-order valence-corrected chi connectivity index (χ3v) is 3.52. The molecule has 0 radical (unpaired) electrons. The molecule has 1 saturated carbocycles. The molecule has 1 amide bonds. The van der Waals surface area contributed by atoms with Gasteiger partial charge < -0.3 is 15.2 Å². The summed E-state index contributed by atoms with van der Waals surface area (Å²) in [6, 6.07) is 5.61. The van der Waals surface area contributed by atoms with Crippen LogP contribution in [0.4, 0.5) is 4.39 Å². The number of amides is 1. The number of carbonyl (C=O) groups excluding carboxylic acids is 1.